The van der Waals surface area contributed by atoms with Crippen molar-refractivity contribution in [2.45, 2.75) is 51.0 Å². The topological polar surface area (TPSA) is 71.2 Å². The van der Waals surface area contributed by atoms with Crippen molar-refractivity contribution in [1.29, 1.82) is 0 Å². The van der Waals surface area contributed by atoms with E-state index in [0.717, 1.165) is 44.5 Å². The number of halogens is 1. The molecule has 2 fully saturated rings. The lowest BCUT2D eigenvalue weighted by Crippen LogP contribution is -2.51. The molecule has 2 heterocycles. The van der Waals surface area contributed by atoms with Crippen LogP contribution in [0.4, 0.5) is 11.5 Å². The molecular weight excluding hydrogens is 312 g/mol. The first kappa shape index (κ1) is 18.0. The third-order valence-electron chi connectivity index (χ3n) is 5.04. The summed E-state index contributed by atoms with van der Waals surface area (Å²) in [7, 11) is 0. The standard InChI is InChI=1S/C17H26N4O.ClH/c1-17(18)9-3-2-6-14(17)16(22)20-15-8-7-13(12-19-15)21-10-4-5-11-21;/h7-8,12,14H,2-6,9-11,18H2,1H3,(H,19,20,22);1H. The monoisotopic (exact) mass is 338 g/mol. The van der Waals surface area contributed by atoms with Gasteiger partial charge in [-0.25, -0.2) is 4.98 Å². The molecule has 0 spiro atoms. The SMILES string of the molecule is CC1(N)CCCCC1C(=O)Nc1ccc(N2CCCC2)cn1.Cl. The molecule has 3 rings (SSSR count). The molecule has 1 amide bonds. The number of aromatic nitrogens is 1. The van der Waals surface area contributed by atoms with Gasteiger partial charge in [0, 0.05) is 18.6 Å². The van der Waals surface area contributed by atoms with Crippen LogP contribution in [0.1, 0.15) is 45.4 Å². The molecule has 128 valence electrons. The van der Waals surface area contributed by atoms with Crippen LogP contribution in [0.2, 0.25) is 0 Å². The number of hydrogen-bond donors (Lipinski definition) is 2. The highest BCUT2D eigenvalue weighted by Gasteiger charge is 2.37. The van der Waals surface area contributed by atoms with Gasteiger partial charge in [-0.15, -0.1) is 12.4 Å². The van der Waals surface area contributed by atoms with E-state index >= 15 is 0 Å². The molecule has 1 aromatic heterocycles. The molecule has 2 unspecified atom stereocenters. The van der Waals surface area contributed by atoms with E-state index in [1.807, 2.05) is 25.3 Å². The summed E-state index contributed by atoms with van der Waals surface area (Å²) in [6.45, 7) is 4.18. The summed E-state index contributed by atoms with van der Waals surface area (Å²) in [6.07, 6.45) is 8.30. The molecule has 2 atom stereocenters. The number of hydrogen-bond acceptors (Lipinski definition) is 4. The minimum atomic E-state index is -0.405. The molecule has 1 saturated carbocycles. The van der Waals surface area contributed by atoms with E-state index < -0.39 is 5.54 Å². The van der Waals surface area contributed by atoms with Gasteiger partial charge in [0.2, 0.25) is 5.91 Å². The second kappa shape index (κ2) is 7.49. The average molecular weight is 339 g/mol. The van der Waals surface area contributed by atoms with Gasteiger partial charge in [0.25, 0.3) is 0 Å². The van der Waals surface area contributed by atoms with Crippen LogP contribution >= 0.6 is 12.4 Å². The molecular formula is C17H27ClN4O. The zero-order valence-corrected chi connectivity index (χ0v) is 14.6. The van der Waals surface area contributed by atoms with E-state index in [1.54, 1.807) is 0 Å². The highest BCUT2D eigenvalue weighted by molar-refractivity contribution is 5.92. The number of rotatable bonds is 3. The highest BCUT2D eigenvalue weighted by atomic mass is 35.5. The van der Waals surface area contributed by atoms with Crippen molar-refractivity contribution in [2.75, 3.05) is 23.3 Å². The van der Waals surface area contributed by atoms with Crippen LogP contribution in [0, 0.1) is 5.92 Å². The van der Waals surface area contributed by atoms with Gasteiger partial charge in [0.15, 0.2) is 0 Å². The quantitative estimate of drug-likeness (QED) is 0.888. The largest absolute Gasteiger partial charge is 0.370 e. The van der Waals surface area contributed by atoms with Crippen LogP contribution < -0.4 is 16.0 Å². The number of nitrogens with one attached hydrogen (secondary N) is 1. The maximum absolute atomic E-state index is 12.5. The molecule has 23 heavy (non-hydrogen) atoms. The molecule has 6 heteroatoms. The molecule has 3 N–H and O–H groups in total. The maximum atomic E-state index is 12.5. The zero-order chi connectivity index (χ0) is 15.6. The number of carbonyl (C=O) groups excluding carboxylic acids is 1. The van der Waals surface area contributed by atoms with Gasteiger partial charge in [-0.2, -0.15) is 0 Å². The average Bonchev–Trinajstić information content (AvgIpc) is 3.01. The van der Waals surface area contributed by atoms with Crippen molar-refractivity contribution < 1.29 is 4.79 Å². The van der Waals surface area contributed by atoms with Crippen LogP contribution in [0.5, 0.6) is 0 Å². The summed E-state index contributed by atoms with van der Waals surface area (Å²) in [4.78, 5) is 19.2. The van der Waals surface area contributed by atoms with Gasteiger partial charge in [0.1, 0.15) is 5.82 Å². The molecule has 1 aliphatic carbocycles. The highest BCUT2D eigenvalue weighted by Crippen LogP contribution is 2.32. The molecule has 0 bridgehead atoms. The van der Waals surface area contributed by atoms with E-state index in [0.29, 0.717) is 5.82 Å². The summed E-state index contributed by atoms with van der Waals surface area (Å²) in [6, 6.07) is 3.93. The molecule has 0 aromatic carbocycles. The van der Waals surface area contributed by atoms with Crippen LogP contribution in [0.15, 0.2) is 18.3 Å². The number of pyridine rings is 1. The third kappa shape index (κ3) is 4.15. The molecule has 0 radical (unpaired) electrons. The predicted molar refractivity (Wildman–Crippen MR) is 96.1 cm³/mol. The van der Waals surface area contributed by atoms with Crippen LogP contribution in [-0.2, 0) is 4.79 Å². The van der Waals surface area contributed by atoms with Crippen molar-refractivity contribution in [3.8, 4) is 0 Å². The second-order valence-electron chi connectivity index (χ2n) is 6.89. The lowest BCUT2D eigenvalue weighted by atomic mass is 9.74. The van der Waals surface area contributed by atoms with Crippen molar-refractivity contribution in [3.05, 3.63) is 18.3 Å². The lowest BCUT2D eigenvalue weighted by Gasteiger charge is -2.37. The first-order valence-corrected chi connectivity index (χ1v) is 8.37. The van der Waals surface area contributed by atoms with E-state index in [1.165, 1.54) is 12.8 Å². The zero-order valence-electron chi connectivity index (χ0n) is 13.8. The van der Waals surface area contributed by atoms with Crippen molar-refractivity contribution in [1.82, 2.24) is 4.98 Å². The van der Waals surface area contributed by atoms with Gasteiger partial charge < -0.3 is 16.0 Å². The normalized spacial score (nSPS) is 27.4. The van der Waals surface area contributed by atoms with Crippen molar-refractivity contribution in [2.24, 2.45) is 11.7 Å². The Hall–Kier alpha value is -1.33. The van der Waals surface area contributed by atoms with Gasteiger partial charge >= 0.3 is 0 Å². The number of amides is 1. The minimum absolute atomic E-state index is 0. The fraction of sp³-hybridized carbons (Fsp3) is 0.647. The summed E-state index contributed by atoms with van der Waals surface area (Å²) in [5, 5.41) is 2.94. The Morgan fingerprint density at radius 3 is 2.65 bits per heavy atom. The van der Waals surface area contributed by atoms with Crippen molar-refractivity contribution in [3.63, 3.8) is 0 Å². The van der Waals surface area contributed by atoms with Gasteiger partial charge in [-0.3, -0.25) is 4.79 Å². The number of carbonyl (C=O) groups is 1. The predicted octanol–water partition coefficient (Wildman–Crippen LogP) is 2.95. The van der Waals surface area contributed by atoms with E-state index in [-0.39, 0.29) is 24.2 Å². The first-order valence-electron chi connectivity index (χ1n) is 8.37. The van der Waals surface area contributed by atoms with Crippen LogP contribution in [0.25, 0.3) is 0 Å². The number of nitrogens with two attached hydrogens (primary N) is 1. The second-order valence-corrected chi connectivity index (χ2v) is 6.89. The number of nitrogens with zero attached hydrogens (tertiary/aromatic N) is 2. The Morgan fingerprint density at radius 1 is 1.30 bits per heavy atom. The van der Waals surface area contributed by atoms with E-state index in [2.05, 4.69) is 15.2 Å². The van der Waals surface area contributed by atoms with Crippen LogP contribution in [-0.4, -0.2) is 29.5 Å². The summed E-state index contributed by atoms with van der Waals surface area (Å²) < 4.78 is 0. The summed E-state index contributed by atoms with van der Waals surface area (Å²) in [5.74, 6) is 0.502. The van der Waals surface area contributed by atoms with Gasteiger partial charge in [0.05, 0.1) is 17.8 Å². The number of anilines is 2. The molecule has 2 aliphatic rings. The van der Waals surface area contributed by atoms with Gasteiger partial charge in [-0.05, 0) is 44.7 Å². The Morgan fingerprint density at radius 2 is 2.04 bits per heavy atom. The summed E-state index contributed by atoms with van der Waals surface area (Å²) >= 11 is 0. The van der Waals surface area contributed by atoms with Gasteiger partial charge in [-0.1, -0.05) is 12.8 Å². The molecule has 1 aromatic rings. The fourth-order valence-electron chi connectivity index (χ4n) is 3.62. The lowest BCUT2D eigenvalue weighted by molar-refractivity contribution is -0.122. The first-order chi connectivity index (χ1) is 10.6. The maximum Gasteiger partial charge on any atom is 0.230 e. The Kier molecular flexibility index (Phi) is 5.87. The molecule has 1 saturated heterocycles. The Balaban J connectivity index is 0.00000192. The minimum Gasteiger partial charge on any atom is -0.370 e. The van der Waals surface area contributed by atoms with E-state index in [9.17, 15) is 4.79 Å². The van der Waals surface area contributed by atoms with E-state index in [4.69, 9.17) is 5.73 Å². The third-order valence-corrected chi connectivity index (χ3v) is 5.04. The fourth-order valence-corrected chi connectivity index (χ4v) is 3.62. The van der Waals surface area contributed by atoms with Crippen LogP contribution in [0.3, 0.4) is 0 Å². The Bertz CT molecular complexity index is 526. The summed E-state index contributed by atoms with van der Waals surface area (Å²) in [5.41, 5.74) is 7.03. The Labute approximate surface area is 144 Å². The van der Waals surface area contributed by atoms with Crippen molar-refractivity contribution >= 4 is 29.8 Å². The molecule has 5 nitrogen and oxygen atoms in total. The smallest absolute Gasteiger partial charge is 0.230 e. The molecule has 1 aliphatic heterocycles.